The van der Waals surface area contributed by atoms with Crippen LogP contribution in [-0.2, 0) is 6.54 Å². The van der Waals surface area contributed by atoms with Gasteiger partial charge in [0.1, 0.15) is 10.6 Å². The first-order chi connectivity index (χ1) is 13.2. The van der Waals surface area contributed by atoms with Gasteiger partial charge in [-0.05, 0) is 31.6 Å². The number of nitrogens with zero attached hydrogens (tertiary/aromatic N) is 5. The van der Waals surface area contributed by atoms with E-state index in [0.717, 1.165) is 47.2 Å². The van der Waals surface area contributed by atoms with Crippen LogP contribution in [0.1, 0.15) is 28.9 Å². The third-order valence-electron chi connectivity index (χ3n) is 4.60. The summed E-state index contributed by atoms with van der Waals surface area (Å²) in [7, 11) is 0. The van der Waals surface area contributed by atoms with E-state index >= 15 is 0 Å². The third kappa shape index (κ3) is 4.08. The zero-order valence-corrected chi connectivity index (χ0v) is 16.9. The highest BCUT2D eigenvalue weighted by atomic mass is 32.2. The summed E-state index contributed by atoms with van der Waals surface area (Å²) in [4.78, 5) is 29.8. The fraction of sp³-hybridized carbons (Fsp3) is 0.444. The maximum atomic E-state index is 12.6. The van der Waals surface area contributed by atoms with E-state index in [1.165, 1.54) is 35.9 Å². The Morgan fingerprint density at radius 2 is 2.19 bits per heavy atom. The lowest BCUT2D eigenvalue weighted by Gasteiger charge is -2.17. The minimum Gasteiger partial charge on any atom is -0.356 e. The Labute approximate surface area is 166 Å². The van der Waals surface area contributed by atoms with Crippen LogP contribution in [0.15, 0.2) is 29.9 Å². The van der Waals surface area contributed by atoms with Crippen molar-refractivity contribution in [1.82, 2.24) is 24.8 Å². The number of anilines is 1. The maximum absolute atomic E-state index is 12.6. The molecule has 0 aliphatic carbocycles. The van der Waals surface area contributed by atoms with E-state index in [-0.39, 0.29) is 5.91 Å². The summed E-state index contributed by atoms with van der Waals surface area (Å²) in [6.45, 7) is 3.51. The summed E-state index contributed by atoms with van der Waals surface area (Å²) in [6, 6.07) is 1.95. The molecule has 0 aromatic carbocycles. The van der Waals surface area contributed by atoms with Crippen LogP contribution in [0.4, 0.5) is 5.82 Å². The van der Waals surface area contributed by atoms with E-state index in [1.54, 1.807) is 12.5 Å². The molecule has 0 unspecified atom stereocenters. The highest BCUT2D eigenvalue weighted by Crippen LogP contribution is 2.34. The van der Waals surface area contributed by atoms with Crippen molar-refractivity contribution >= 4 is 45.0 Å². The number of hydrogen-bond donors (Lipinski definition) is 1. The smallest absolute Gasteiger partial charge is 0.261 e. The van der Waals surface area contributed by atoms with Crippen LogP contribution < -0.4 is 10.2 Å². The molecular formula is C18H22N6OS2. The summed E-state index contributed by atoms with van der Waals surface area (Å²) in [6.07, 6.45) is 10.7. The van der Waals surface area contributed by atoms with E-state index in [0.29, 0.717) is 11.4 Å². The molecule has 1 aliphatic heterocycles. The average Bonchev–Trinajstić information content (AvgIpc) is 3.45. The number of fused-ring (bicyclic) bond motifs is 1. The Balaban J connectivity index is 1.48. The molecule has 9 heteroatoms. The van der Waals surface area contributed by atoms with Gasteiger partial charge in [-0.25, -0.2) is 15.0 Å². The maximum Gasteiger partial charge on any atom is 0.261 e. The molecule has 1 N–H and O–H groups in total. The van der Waals surface area contributed by atoms with E-state index in [4.69, 9.17) is 4.98 Å². The number of carbonyl (C=O) groups excluding carboxylic acids is 1. The molecule has 3 aromatic heterocycles. The SMILES string of the molecule is CSc1nc(N2CCCC2)c2cc(C(=O)NCCCn3ccnc3)sc2n1. The molecule has 1 fully saturated rings. The molecule has 4 rings (SSSR count). The number of nitrogens with one attached hydrogen (secondary N) is 1. The van der Waals surface area contributed by atoms with Crippen molar-refractivity contribution in [3.63, 3.8) is 0 Å². The first-order valence-electron chi connectivity index (χ1n) is 9.09. The third-order valence-corrected chi connectivity index (χ3v) is 6.18. The van der Waals surface area contributed by atoms with Gasteiger partial charge in [-0.3, -0.25) is 4.79 Å². The molecule has 1 amide bonds. The zero-order valence-electron chi connectivity index (χ0n) is 15.2. The Morgan fingerprint density at radius 3 is 2.93 bits per heavy atom. The van der Waals surface area contributed by atoms with E-state index in [2.05, 4.69) is 20.2 Å². The van der Waals surface area contributed by atoms with Crippen molar-refractivity contribution in [2.24, 2.45) is 0 Å². The number of aryl methyl sites for hydroxylation is 1. The fourth-order valence-electron chi connectivity index (χ4n) is 3.23. The molecule has 1 saturated heterocycles. The number of rotatable bonds is 7. The number of hydrogen-bond acceptors (Lipinski definition) is 7. The van der Waals surface area contributed by atoms with Crippen molar-refractivity contribution in [3.05, 3.63) is 29.7 Å². The lowest BCUT2D eigenvalue weighted by molar-refractivity contribution is 0.0957. The Hall–Kier alpha value is -2.13. The number of amides is 1. The summed E-state index contributed by atoms with van der Waals surface area (Å²) >= 11 is 2.98. The Morgan fingerprint density at radius 1 is 1.33 bits per heavy atom. The molecule has 0 atom stereocenters. The molecule has 4 heterocycles. The second kappa shape index (κ2) is 8.26. The number of thioether (sulfide) groups is 1. The van der Waals surface area contributed by atoms with Crippen LogP contribution in [0.3, 0.4) is 0 Å². The van der Waals surface area contributed by atoms with Gasteiger partial charge in [0.05, 0.1) is 16.6 Å². The van der Waals surface area contributed by atoms with Crippen molar-refractivity contribution in [3.8, 4) is 0 Å². The molecule has 3 aromatic rings. The van der Waals surface area contributed by atoms with Gasteiger partial charge in [-0.1, -0.05) is 11.8 Å². The van der Waals surface area contributed by atoms with Crippen LogP contribution in [0.25, 0.3) is 10.2 Å². The summed E-state index contributed by atoms with van der Waals surface area (Å²) < 4.78 is 2.01. The van der Waals surface area contributed by atoms with Gasteiger partial charge in [0.25, 0.3) is 5.91 Å². The van der Waals surface area contributed by atoms with Crippen molar-refractivity contribution in [2.75, 3.05) is 30.8 Å². The summed E-state index contributed by atoms with van der Waals surface area (Å²) in [5.41, 5.74) is 0. The molecule has 7 nitrogen and oxygen atoms in total. The highest BCUT2D eigenvalue weighted by molar-refractivity contribution is 7.98. The normalized spacial score (nSPS) is 14.2. The highest BCUT2D eigenvalue weighted by Gasteiger charge is 2.21. The fourth-order valence-corrected chi connectivity index (χ4v) is 4.59. The van der Waals surface area contributed by atoms with Gasteiger partial charge in [-0.2, -0.15) is 0 Å². The van der Waals surface area contributed by atoms with Crippen LogP contribution >= 0.6 is 23.1 Å². The second-order valence-corrected chi connectivity index (χ2v) is 8.27. The quantitative estimate of drug-likeness (QED) is 0.372. The van der Waals surface area contributed by atoms with Crippen LogP contribution in [0, 0.1) is 0 Å². The van der Waals surface area contributed by atoms with E-state index in [1.807, 2.05) is 23.1 Å². The number of carbonyl (C=O) groups is 1. The van der Waals surface area contributed by atoms with Gasteiger partial charge >= 0.3 is 0 Å². The van der Waals surface area contributed by atoms with Crippen LogP contribution in [0.2, 0.25) is 0 Å². The lowest BCUT2D eigenvalue weighted by atomic mass is 10.3. The molecule has 0 bridgehead atoms. The van der Waals surface area contributed by atoms with Gasteiger partial charge in [-0.15, -0.1) is 11.3 Å². The van der Waals surface area contributed by atoms with Gasteiger partial charge in [0.15, 0.2) is 5.16 Å². The van der Waals surface area contributed by atoms with Crippen molar-refractivity contribution in [2.45, 2.75) is 31.0 Å². The zero-order chi connectivity index (χ0) is 18.6. The van der Waals surface area contributed by atoms with Crippen LogP contribution in [-0.4, -0.2) is 51.3 Å². The topological polar surface area (TPSA) is 75.9 Å². The standard InChI is InChI=1S/C18H22N6OS2/c1-26-18-21-15(24-8-2-3-9-24)13-11-14(27-17(13)22-18)16(25)20-5-4-7-23-10-6-19-12-23/h6,10-12H,2-5,7-9H2,1H3,(H,20,25). The average molecular weight is 403 g/mol. The number of imidazole rings is 1. The number of aromatic nitrogens is 4. The first kappa shape index (κ1) is 18.2. The van der Waals surface area contributed by atoms with Crippen molar-refractivity contribution in [1.29, 1.82) is 0 Å². The Bertz CT molecular complexity index is 917. The van der Waals surface area contributed by atoms with E-state index < -0.39 is 0 Å². The molecule has 142 valence electrons. The first-order valence-corrected chi connectivity index (χ1v) is 11.1. The monoisotopic (exact) mass is 402 g/mol. The molecule has 0 saturated carbocycles. The molecule has 0 radical (unpaired) electrons. The largest absolute Gasteiger partial charge is 0.356 e. The molecular weight excluding hydrogens is 380 g/mol. The minimum absolute atomic E-state index is 0.0401. The van der Waals surface area contributed by atoms with Gasteiger partial charge in [0, 0.05) is 38.6 Å². The van der Waals surface area contributed by atoms with Gasteiger partial charge in [0.2, 0.25) is 0 Å². The minimum atomic E-state index is -0.0401. The molecule has 0 spiro atoms. The summed E-state index contributed by atoms with van der Waals surface area (Å²) in [5.74, 6) is 0.930. The predicted octanol–water partition coefficient (Wildman–Crippen LogP) is 3.03. The lowest BCUT2D eigenvalue weighted by Crippen LogP contribution is -2.24. The van der Waals surface area contributed by atoms with Crippen LogP contribution in [0.5, 0.6) is 0 Å². The van der Waals surface area contributed by atoms with E-state index in [9.17, 15) is 4.79 Å². The predicted molar refractivity (Wildman–Crippen MR) is 110 cm³/mol. The molecule has 27 heavy (non-hydrogen) atoms. The van der Waals surface area contributed by atoms with Gasteiger partial charge < -0.3 is 14.8 Å². The van der Waals surface area contributed by atoms with Crippen molar-refractivity contribution < 1.29 is 4.79 Å². The second-order valence-electron chi connectivity index (χ2n) is 6.47. The number of thiophene rings is 1. The molecule has 1 aliphatic rings. The summed E-state index contributed by atoms with van der Waals surface area (Å²) in [5, 5.41) is 4.76. The Kier molecular flexibility index (Phi) is 5.58.